The maximum atomic E-state index is 5.63. The van der Waals surface area contributed by atoms with Crippen LogP contribution < -0.4 is 0 Å². The lowest BCUT2D eigenvalue weighted by Gasteiger charge is -2.14. The second-order valence-corrected chi connectivity index (χ2v) is 21.9. The van der Waals surface area contributed by atoms with Gasteiger partial charge in [-0.2, -0.15) is 15.0 Å². The Hall–Kier alpha value is -9.80. The van der Waals surface area contributed by atoms with E-state index in [-0.39, 0.29) is 0 Å². The first-order chi connectivity index (χ1) is 38.2. The quantitative estimate of drug-likeness (QED) is 0.166. The summed E-state index contributed by atoms with van der Waals surface area (Å²) in [7, 11) is 0. The van der Waals surface area contributed by atoms with Crippen molar-refractivity contribution in [1.82, 2.24) is 33.6 Å². The van der Waals surface area contributed by atoms with E-state index < -0.39 is 0 Å². The number of hydrogen-bond donors (Lipinski definition) is 0. The molecule has 0 aliphatic rings. The molecule has 0 aliphatic heterocycles. The molecule has 9 heteroatoms. The number of rotatable bonds is 6. The summed E-state index contributed by atoms with van der Waals surface area (Å²) in [5, 5.41) is 11.8. The van der Waals surface area contributed by atoms with E-state index in [9.17, 15) is 0 Å². The van der Waals surface area contributed by atoms with Crippen LogP contribution in [0, 0.1) is 0 Å². The van der Waals surface area contributed by atoms with Crippen molar-refractivity contribution in [2.75, 3.05) is 0 Å². The third-order valence-corrected chi connectivity index (χ3v) is 17.9. The summed E-state index contributed by atoms with van der Waals surface area (Å²) < 4.78 is 11.5. The Labute approximate surface area is 447 Å². The van der Waals surface area contributed by atoms with Crippen molar-refractivity contribution < 1.29 is 0 Å². The number of aromatic nitrogens is 7. The maximum absolute atomic E-state index is 5.63. The van der Waals surface area contributed by atoms with Crippen LogP contribution in [0.1, 0.15) is 0 Å². The number of pyridine rings is 1. The van der Waals surface area contributed by atoms with Crippen LogP contribution in [0.3, 0.4) is 0 Å². The fourth-order valence-electron chi connectivity index (χ4n) is 12.2. The van der Waals surface area contributed by atoms with E-state index in [1.54, 1.807) is 11.3 Å². The van der Waals surface area contributed by atoms with Gasteiger partial charge in [-0.3, -0.25) is 13.7 Å². The molecule has 0 amide bonds. The van der Waals surface area contributed by atoms with E-state index in [4.69, 9.17) is 19.9 Å². The molecule has 0 N–H and O–H groups in total. The summed E-state index contributed by atoms with van der Waals surface area (Å²) in [5.74, 6) is 2.50. The molecule has 0 spiro atoms. The SMILES string of the molecule is c1ccc(-c2cccc3c2sc2cc4c(cc23)sc2c(-c3nc(-n5c6ccccc6c6ccccc65)nc(-n5c6ccccc6c6ccccc65)n3)cc(-c3cccc(-n5c6ccccc6c6ccccc65)n3)cc24)cc1. The lowest BCUT2D eigenvalue weighted by molar-refractivity contribution is 0.893. The van der Waals surface area contributed by atoms with E-state index in [0.717, 1.165) is 87.4 Å². The molecule has 0 unspecified atom stereocenters. The van der Waals surface area contributed by atoms with Crippen molar-refractivity contribution in [2.45, 2.75) is 0 Å². The highest BCUT2D eigenvalue weighted by atomic mass is 32.1. The van der Waals surface area contributed by atoms with Crippen molar-refractivity contribution >= 4 is 128 Å². The standard InChI is InChI=1S/C68H39N7S2/c1-2-18-40(19-3-1)42-26-16-27-49-50-38-62-51(39-61(50)76-64(42)49)52-36-41(54-28-17-35-63(69-54)73-55-29-10-4-20-43(55)44-21-5-11-30-56(44)73)37-53(65(52)77-62)66-70-67(74-57-31-12-6-22-45(57)46-23-7-13-32-58(46)74)72-68(71-66)75-59-33-14-8-24-47(59)48-25-9-15-34-60(48)75/h1-39H. The van der Waals surface area contributed by atoms with Crippen molar-refractivity contribution in [3.05, 3.63) is 237 Å². The predicted molar refractivity (Wildman–Crippen MR) is 323 cm³/mol. The Balaban J connectivity index is 0.970. The van der Waals surface area contributed by atoms with Crippen LogP contribution in [-0.4, -0.2) is 33.6 Å². The topological polar surface area (TPSA) is 66.3 Å². The van der Waals surface area contributed by atoms with E-state index in [2.05, 4.69) is 250 Å². The van der Waals surface area contributed by atoms with E-state index >= 15 is 0 Å². The van der Waals surface area contributed by atoms with Crippen LogP contribution in [0.2, 0.25) is 0 Å². The highest BCUT2D eigenvalue weighted by Gasteiger charge is 2.24. The first-order valence-corrected chi connectivity index (χ1v) is 27.4. The lowest BCUT2D eigenvalue weighted by atomic mass is 10.0. The molecule has 7 nitrogen and oxygen atoms in total. The van der Waals surface area contributed by atoms with Gasteiger partial charge in [-0.05, 0) is 83.9 Å². The number of thiophene rings is 2. The van der Waals surface area contributed by atoms with Crippen molar-refractivity contribution in [3.8, 4) is 51.5 Å². The zero-order valence-electron chi connectivity index (χ0n) is 41.0. The van der Waals surface area contributed by atoms with Gasteiger partial charge in [0.25, 0.3) is 0 Å². The Morgan fingerprint density at radius 2 is 0.701 bits per heavy atom. The molecule has 0 aliphatic carbocycles. The molecule has 0 radical (unpaired) electrons. The van der Waals surface area contributed by atoms with E-state index in [1.807, 2.05) is 11.3 Å². The molecule has 17 aromatic rings. The number of hydrogen-bond acceptors (Lipinski definition) is 6. The molecule has 0 bridgehead atoms. The van der Waals surface area contributed by atoms with Crippen molar-refractivity contribution in [1.29, 1.82) is 0 Å². The molecule has 10 aromatic carbocycles. The fraction of sp³-hybridized carbons (Fsp3) is 0. The maximum Gasteiger partial charge on any atom is 0.240 e. The van der Waals surface area contributed by atoms with Gasteiger partial charge in [-0.15, -0.1) is 22.7 Å². The minimum atomic E-state index is 0.539. The fourth-order valence-corrected chi connectivity index (χ4v) is 14.6. The van der Waals surface area contributed by atoms with E-state index in [1.165, 1.54) is 52.2 Å². The Morgan fingerprint density at radius 3 is 1.22 bits per heavy atom. The average molecular weight is 1020 g/mol. The van der Waals surface area contributed by atoms with Gasteiger partial charge >= 0.3 is 0 Å². The third-order valence-electron chi connectivity index (χ3n) is 15.5. The van der Waals surface area contributed by atoms with Gasteiger partial charge in [0.1, 0.15) is 5.82 Å². The van der Waals surface area contributed by atoms with Gasteiger partial charge < -0.3 is 0 Å². The average Bonchev–Trinajstić information content (AvgIpc) is 4.44. The number of fused-ring (bicyclic) bond motifs is 15. The molecule has 7 heterocycles. The molecule has 0 atom stereocenters. The van der Waals surface area contributed by atoms with Gasteiger partial charge in [0.15, 0.2) is 5.82 Å². The molecular formula is C68H39N7S2. The van der Waals surface area contributed by atoms with Crippen LogP contribution in [-0.2, 0) is 0 Å². The van der Waals surface area contributed by atoms with Gasteiger partial charge in [0, 0.05) is 83.8 Å². The van der Waals surface area contributed by atoms with Gasteiger partial charge in [0.05, 0.1) is 38.8 Å². The van der Waals surface area contributed by atoms with Crippen LogP contribution in [0.15, 0.2) is 237 Å². The largest absolute Gasteiger partial charge is 0.294 e. The Bertz CT molecular complexity index is 5020. The Kier molecular flexibility index (Phi) is 9.03. The van der Waals surface area contributed by atoms with Crippen molar-refractivity contribution in [3.63, 3.8) is 0 Å². The van der Waals surface area contributed by atoms with Crippen LogP contribution in [0.4, 0.5) is 0 Å². The second kappa shape index (κ2) is 16.3. The summed E-state index contributed by atoms with van der Waals surface area (Å²) >= 11 is 3.67. The smallest absolute Gasteiger partial charge is 0.240 e. The molecule has 358 valence electrons. The van der Waals surface area contributed by atoms with Gasteiger partial charge in [-0.1, -0.05) is 164 Å². The first kappa shape index (κ1) is 42.5. The normalized spacial score (nSPS) is 12.2. The number of benzene rings is 10. The molecular weight excluding hydrogens is 979 g/mol. The van der Waals surface area contributed by atoms with Gasteiger partial charge in [0.2, 0.25) is 11.9 Å². The number of nitrogens with zero attached hydrogens (tertiary/aromatic N) is 7. The van der Waals surface area contributed by atoms with Crippen LogP contribution >= 0.6 is 22.7 Å². The minimum Gasteiger partial charge on any atom is -0.294 e. The third kappa shape index (κ3) is 6.29. The summed E-state index contributed by atoms with van der Waals surface area (Å²) in [6.45, 7) is 0. The molecule has 77 heavy (non-hydrogen) atoms. The highest BCUT2D eigenvalue weighted by Crippen LogP contribution is 2.48. The molecule has 0 saturated heterocycles. The van der Waals surface area contributed by atoms with Crippen LogP contribution in [0.25, 0.3) is 157 Å². The monoisotopic (exact) mass is 1020 g/mol. The number of para-hydroxylation sites is 6. The summed E-state index contributed by atoms with van der Waals surface area (Å²) in [5.41, 5.74) is 11.5. The summed E-state index contributed by atoms with van der Waals surface area (Å²) in [4.78, 5) is 22.4. The summed E-state index contributed by atoms with van der Waals surface area (Å²) in [6, 6.07) is 84.7. The molecule has 0 fully saturated rings. The zero-order chi connectivity index (χ0) is 50.3. The van der Waals surface area contributed by atoms with Gasteiger partial charge in [-0.25, -0.2) is 4.98 Å². The van der Waals surface area contributed by atoms with Crippen molar-refractivity contribution in [2.24, 2.45) is 0 Å². The molecule has 0 saturated carbocycles. The first-order valence-electron chi connectivity index (χ1n) is 25.8. The zero-order valence-corrected chi connectivity index (χ0v) is 42.6. The molecule has 7 aromatic heterocycles. The van der Waals surface area contributed by atoms with E-state index in [0.29, 0.717) is 17.7 Å². The predicted octanol–water partition coefficient (Wildman–Crippen LogP) is 18.3. The second-order valence-electron chi connectivity index (χ2n) is 19.7. The van der Waals surface area contributed by atoms with Crippen LogP contribution in [0.5, 0.6) is 0 Å². The minimum absolute atomic E-state index is 0.539. The highest BCUT2D eigenvalue weighted by molar-refractivity contribution is 7.28. The molecule has 17 rings (SSSR count). The Morgan fingerprint density at radius 1 is 0.273 bits per heavy atom. The lowest BCUT2D eigenvalue weighted by Crippen LogP contribution is -2.10. The summed E-state index contributed by atoms with van der Waals surface area (Å²) in [6.07, 6.45) is 0.